The summed E-state index contributed by atoms with van der Waals surface area (Å²) in [5.74, 6) is 1.00. The van der Waals surface area contributed by atoms with E-state index in [1.807, 2.05) is 30.3 Å². The lowest BCUT2D eigenvalue weighted by Gasteiger charge is -2.12. The third-order valence-corrected chi connectivity index (χ3v) is 4.97. The number of esters is 1. The fourth-order valence-electron chi connectivity index (χ4n) is 3.33. The summed E-state index contributed by atoms with van der Waals surface area (Å²) >= 11 is 6.12. The van der Waals surface area contributed by atoms with Crippen molar-refractivity contribution in [2.75, 3.05) is 6.61 Å². The molecule has 0 unspecified atom stereocenters. The van der Waals surface area contributed by atoms with Crippen LogP contribution in [-0.4, -0.2) is 12.6 Å². The lowest BCUT2D eigenvalue weighted by Crippen LogP contribution is -2.09. The van der Waals surface area contributed by atoms with E-state index in [0.29, 0.717) is 30.1 Å². The molecular weight excluding hydrogens is 364 g/mol. The van der Waals surface area contributed by atoms with Crippen molar-refractivity contribution in [1.29, 1.82) is 0 Å². The van der Waals surface area contributed by atoms with Gasteiger partial charge in [-0.1, -0.05) is 30.3 Å². The second-order valence-electron chi connectivity index (χ2n) is 6.76. The first-order valence-electron chi connectivity index (χ1n) is 9.23. The smallest absolute Gasteiger partial charge is 0.310 e. The van der Waals surface area contributed by atoms with Crippen molar-refractivity contribution < 1.29 is 18.7 Å². The third kappa shape index (κ3) is 3.96. The van der Waals surface area contributed by atoms with Crippen LogP contribution in [0.15, 0.2) is 46.9 Å². The first-order valence-corrected chi connectivity index (χ1v) is 9.60. The Hall–Kier alpha value is -2.46. The van der Waals surface area contributed by atoms with Gasteiger partial charge in [0.15, 0.2) is 5.22 Å². The maximum Gasteiger partial charge on any atom is 0.310 e. The minimum Gasteiger partial charge on any atom is -0.489 e. The Balaban J connectivity index is 1.56. The summed E-state index contributed by atoms with van der Waals surface area (Å²) in [5, 5.41) is 1.38. The molecule has 2 aromatic carbocycles. The van der Waals surface area contributed by atoms with E-state index in [4.69, 9.17) is 25.5 Å². The molecule has 1 heterocycles. The maximum atomic E-state index is 11.8. The van der Waals surface area contributed by atoms with Crippen molar-refractivity contribution in [2.24, 2.45) is 0 Å². The molecule has 1 aliphatic rings. The van der Waals surface area contributed by atoms with Crippen molar-refractivity contribution in [2.45, 2.75) is 38.7 Å². The highest BCUT2D eigenvalue weighted by Crippen LogP contribution is 2.44. The molecule has 140 valence electrons. The van der Waals surface area contributed by atoms with Crippen LogP contribution in [0.2, 0.25) is 5.22 Å². The van der Waals surface area contributed by atoms with Crippen molar-refractivity contribution in [3.8, 4) is 5.75 Å². The average Bonchev–Trinajstić information content (AvgIpc) is 3.41. The molecular formula is C22H21ClO4. The second kappa shape index (κ2) is 7.65. The van der Waals surface area contributed by atoms with Crippen molar-refractivity contribution in [3.63, 3.8) is 0 Å². The molecule has 0 radical (unpaired) electrons. The molecule has 0 N–H and O–H groups in total. The first kappa shape index (κ1) is 17.9. The van der Waals surface area contributed by atoms with Gasteiger partial charge in [-0.3, -0.25) is 4.79 Å². The predicted octanol–water partition coefficient (Wildman–Crippen LogP) is 5.65. The van der Waals surface area contributed by atoms with Gasteiger partial charge in [0.25, 0.3) is 0 Å². The Labute approximate surface area is 163 Å². The van der Waals surface area contributed by atoms with Gasteiger partial charge in [-0.05, 0) is 48.9 Å². The molecule has 1 aromatic heterocycles. The summed E-state index contributed by atoms with van der Waals surface area (Å²) < 4.78 is 16.8. The molecule has 4 rings (SSSR count). The van der Waals surface area contributed by atoms with Gasteiger partial charge in [0.2, 0.25) is 0 Å². The summed E-state index contributed by atoms with van der Waals surface area (Å²) in [4.78, 5) is 11.8. The molecule has 1 fully saturated rings. The number of halogens is 1. The van der Waals surface area contributed by atoms with E-state index >= 15 is 0 Å². The highest BCUT2D eigenvalue weighted by molar-refractivity contribution is 6.29. The maximum absolute atomic E-state index is 11.8. The Kier molecular flexibility index (Phi) is 5.08. The molecule has 0 saturated heterocycles. The van der Waals surface area contributed by atoms with Crippen LogP contribution < -0.4 is 4.74 Å². The normalized spacial score (nSPS) is 13.7. The van der Waals surface area contributed by atoms with Gasteiger partial charge in [-0.15, -0.1) is 0 Å². The number of fused-ring (bicyclic) bond motifs is 1. The van der Waals surface area contributed by atoms with E-state index in [1.165, 1.54) is 18.4 Å². The Morgan fingerprint density at radius 2 is 2.00 bits per heavy atom. The summed E-state index contributed by atoms with van der Waals surface area (Å²) in [6, 6.07) is 13.6. The van der Waals surface area contributed by atoms with Crippen LogP contribution >= 0.6 is 11.6 Å². The monoisotopic (exact) mass is 384 g/mol. The molecule has 1 aliphatic carbocycles. The molecule has 5 heteroatoms. The number of rotatable bonds is 7. The van der Waals surface area contributed by atoms with Gasteiger partial charge in [0.1, 0.15) is 17.9 Å². The van der Waals surface area contributed by atoms with Gasteiger partial charge in [0, 0.05) is 22.6 Å². The molecule has 1 saturated carbocycles. The zero-order valence-corrected chi connectivity index (χ0v) is 15.9. The van der Waals surface area contributed by atoms with E-state index in [-0.39, 0.29) is 12.4 Å². The summed E-state index contributed by atoms with van der Waals surface area (Å²) in [6.45, 7) is 2.54. The zero-order valence-electron chi connectivity index (χ0n) is 15.2. The SMILES string of the molecule is CCOC(=O)Cc1ccccc1OCc1ccc(C2CC2)c2oc(Cl)cc12. The lowest BCUT2D eigenvalue weighted by molar-refractivity contribution is -0.142. The van der Waals surface area contributed by atoms with Gasteiger partial charge >= 0.3 is 5.97 Å². The molecule has 27 heavy (non-hydrogen) atoms. The molecule has 0 amide bonds. The standard InChI is InChI=1S/C22H21ClO4/c1-2-25-21(24)11-15-5-3-4-6-19(15)26-13-16-9-10-17(14-7-8-14)22-18(16)12-20(23)27-22/h3-6,9-10,12,14H,2,7-8,11,13H2,1H3. The van der Waals surface area contributed by atoms with Crippen LogP contribution in [0.5, 0.6) is 5.75 Å². The van der Waals surface area contributed by atoms with Crippen LogP contribution in [0.4, 0.5) is 0 Å². The zero-order chi connectivity index (χ0) is 18.8. The van der Waals surface area contributed by atoms with Gasteiger partial charge in [0.05, 0.1) is 13.0 Å². The molecule has 0 atom stereocenters. The molecule has 0 spiro atoms. The minimum absolute atomic E-state index is 0.192. The number of furan rings is 1. The van der Waals surface area contributed by atoms with Crippen LogP contribution in [0.3, 0.4) is 0 Å². The first-order chi connectivity index (χ1) is 13.2. The van der Waals surface area contributed by atoms with E-state index in [1.54, 1.807) is 6.92 Å². The lowest BCUT2D eigenvalue weighted by atomic mass is 10.0. The summed E-state index contributed by atoms with van der Waals surface area (Å²) in [7, 11) is 0. The fraction of sp³-hybridized carbons (Fsp3) is 0.318. The third-order valence-electron chi connectivity index (χ3n) is 4.79. The number of hydrogen-bond donors (Lipinski definition) is 0. The van der Waals surface area contributed by atoms with E-state index in [9.17, 15) is 4.79 Å². The Morgan fingerprint density at radius 3 is 2.78 bits per heavy atom. The molecule has 0 bridgehead atoms. The highest BCUT2D eigenvalue weighted by atomic mass is 35.5. The Morgan fingerprint density at radius 1 is 1.19 bits per heavy atom. The number of benzene rings is 2. The van der Waals surface area contributed by atoms with Crippen LogP contribution in [0.25, 0.3) is 11.0 Å². The highest BCUT2D eigenvalue weighted by Gasteiger charge is 2.27. The number of ether oxygens (including phenoxy) is 2. The number of carbonyl (C=O) groups is 1. The number of carbonyl (C=O) groups excluding carboxylic acids is 1. The van der Waals surface area contributed by atoms with E-state index in [2.05, 4.69) is 12.1 Å². The topological polar surface area (TPSA) is 48.7 Å². The largest absolute Gasteiger partial charge is 0.489 e. The van der Waals surface area contributed by atoms with E-state index in [0.717, 1.165) is 22.1 Å². The van der Waals surface area contributed by atoms with Crippen LogP contribution in [-0.2, 0) is 22.6 Å². The van der Waals surface area contributed by atoms with Gasteiger partial charge < -0.3 is 13.9 Å². The quantitative estimate of drug-likeness (QED) is 0.494. The van der Waals surface area contributed by atoms with E-state index < -0.39 is 0 Å². The number of hydrogen-bond acceptors (Lipinski definition) is 4. The summed E-state index contributed by atoms with van der Waals surface area (Å²) in [6.07, 6.45) is 2.59. The van der Waals surface area contributed by atoms with Gasteiger partial charge in [-0.25, -0.2) is 0 Å². The van der Waals surface area contributed by atoms with Crippen molar-refractivity contribution in [3.05, 3.63) is 64.4 Å². The minimum atomic E-state index is -0.258. The molecule has 0 aliphatic heterocycles. The molecule has 4 nitrogen and oxygen atoms in total. The van der Waals surface area contributed by atoms with Crippen molar-refractivity contribution in [1.82, 2.24) is 0 Å². The number of para-hydroxylation sites is 1. The van der Waals surface area contributed by atoms with Crippen molar-refractivity contribution >= 4 is 28.5 Å². The van der Waals surface area contributed by atoms with Gasteiger partial charge in [-0.2, -0.15) is 0 Å². The summed E-state index contributed by atoms with van der Waals surface area (Å²) in [5.41, 5.74) is 3.91. The average molecular weight is 385 g/mol. The fourth-order valence-corrected chi connectivity index (χ4v) is 3.51. The Bertz CT molecular complexity index is 972. The second-order valence-corrected chi connectivity index (χ2v) is 7.13. The molecule has 3 aromatic rings. The predicted molar refractivity (Wildman–Crippen MR) is 104 cm³/mol. The van der Waals surface area contributed by atoms with Crippen LogP contribution in [0.1, 0.15) is 42.4 Å². The van der Waals surface area contributed by atoms with Crippen LogP contribution in [0, 0.1) is 0 Å².